The maximum absolute atomic E-state index is 13.2. The van der Waals surface area contributed by atoms with Crippen LogP contribution in [0.15, 0.2) is 18.2 Å². The van der Waals surface area contributed by atoms with Gasteiger partial charge in [0.15, 0.2) is 0 Å². The molecule has 1 N–H and O–H groups in total. The van der Waals surface area contributed by atoms with E-state index in [0.717, 1.165) is 6.42 Å². The van der Waals surface area contributed by atoms with Crippen LogP contribution in [-0.2, 0) is 0 Å². The summed E-state index contributed by atoms with van der Waals surface area (Å²) in [6.45, 7) is 4.16. The minimum absolute atomic E-state index is 0.0110. The summed E-state index contributed by atoms with van der Waals surface area (Å²) in [6.07, 6.45) is 0.851. The Morgan fingerprint density at radius 1 is 1.50 bits per heavy atom. The van der Waals surface area contributed by atoms with Crippen LogP contribution in [0.25, 0.3) is 0 Å². The molecule has 100 valence electrons. The molecule has 0 aromatic heterocycles. The molecule has 1 unspecified atom stereocenters. The first-order chi connectivity index (χ1) is 8.45. The van der Waals surface area contributed by atoms with Crippen molar-refractivity contribution in [2.75, 3.05) is 5.33 Å². The highest BCUT2D eigenvalue weighted by Crippen LogP contribution is 2.20. The Bertz CT molecular complexity index is 425. The highest BCUT2D eigenvalue weighted by Gasteiger charge is 2.17. The molecule has 18 heavy (non-hydrogen) atoms. The molecule has 0 saturated carbocycles. The Balaban J connectivity index is 2.78. The van der Waals surface area contributed by atoms with E-state index in [2.05, 4.69) is 35.1 Å². The van der Waals surface area contributed by atoms with Gasteiger partial charge in [0.05, 0.1) is 10.6 Å². The number of nitrogens with one attached hydrogen (secondary N) is 1. The molecule has 0 spiro atoms. The fourth-order valence-electron chi connectivity index (χ4n) is 1.67. The zero-order valence-electron chi connectivity index (χ0n) is 10.3. The van der Waals surface area contributed by atoms with Crippen LogP contribution in [0.4, 0.5) is 4.39 Å². The summed E-state index contributed by atoms with van der Waals surface area (Å²) in [4.78, 5) is 12.0. The van der Waals surface area contributed by atoms with Gasteiger partial charge in [-0.25, -0.2) is 4.39 Å². The van der Waals surface area contributed by atoms with Crippen molar-refractivity contribution in [1.82, 2.24) is 5.32 Å². The fourth-order valence-corrected chi connectivity index (χ4v) is 2.31. The Kier molecular flexibility index (Phi) is 6.09. The monoisotopic (exact) mass is 335 g/mol. The molecule has 0 aliphatic rings. The molecular weight excluding hydrogens is 321 g/mol. The molecule has 0 saturated heterocycles. The standard InChI is InChI=1S/C13H16BrClFNO/c1-8(2)6-9(7-14)17-13(18)10-4-3-5-11(16)12(10)15/h3-5,8-9H,6-7H2,1-2H3,(H,17,18). The van der Waals surface area contributed by atoms with Gasteiger partial charge in [0.25, 0.3) is 5.91 Å². The van der Waals surface area contributed by atoms with Gasteiger partial charge in [0.1, 0.15) is 5.82 Å². The third-order valence-electron chi connectivity index (χ3n) is 2.47. The predicted octanol–water partition coefficient (Wildman–Crippen LogP) is 4.02. The normalized spacial score (nSPS) is 12.6. The summed E-state index contributed by atoms with van der Waals surface area (Å²) in [5, 5.41) is 3.37. The van der Waals surface area contributed by atoms with Gasteiger partial charge in [-0.1, -0.05) is 47.4 Å². The lowest BCUT2D eigenvalue weighted by Gasteiger charge is -2.18. The van der Waals surface area contributed by atoms with E-state index < -0.39 is 5.82 Å². The van der Waals surface area contributed by atoms with Crippen molar-refractivity contribution < 1.29 is 9.18 Å². The van der Waals surface area contributed by atoms with Crippen molar-refractivity contribution >= 4 is 33.4 Å². The molecule has 0 heterocycles. The minimum Gasteiger partial charge on any atom is -0.348 e. The Hall–Kier alpha value is -0.610. The van der Waals surface area contributed by atoms with Gasteiger partial charge in [-0.15, -0.1) is 0 Å². The van der Waals surface area contributed by atoms with E-state index in [1.54, 1.807) is 0 Å². The average molecular weight is 337 g/mol. The fraction of sp³-hybridized carbons (Fsp3) is 0.462. The van der Waals surface area contributed by atoms with Crippen LogP contribution in [0.2, 0.25) is 5.02 Å². The minimum atomic E-state index is -0.580. The highest BCUT2D eigenvalue weighted by atomic mass is 79.9. The molecule has 5 heteroatoms. The summed E-state index contributed by atoms with van der Waals surface area (Å²) in [5.41, 5.74) is 0.173. The van der Waals surface area contributed by atoms with Crippen molar-refractivity contribution in [1.29, 1.82) is 0 Å². The molecule has 1 amide bonds. The lowest BCUT2D eigenvalue weighted by Crippen LogP contribution is -2.37. The summed E-state index contributed by atoms with van der Waals surface area (Å²) in [5.74, 6) is -0.455. The van der Waals surface area contributed by atoms with Gasteiger partial charge >= 0.3 is 0 Å². The first-order valence-electron chi connectivity index (χ1n) is 5.76. The van der Waals surface area contributed by atoms with E-state index in [1.807, 2.05) is 0 Å². The van der Waals surface area contributed by atoms with E-state index in [-0.39, 0.29) is 22.5 Å². The Morgan fingerprint density at radius 2 is 2.17 bits per heavy atom. The third-order valence-corrected chi connectivity index (χ3v) is 3.64. The van der Waals surface area contributed by atoms with E-state index >= 15 is 0 Å². The number of rotatable bonds is 5. The number of amides is 1. The summed E-state index contributed by atoms with van der Waals surface area (Å²) in [6, 6.07) is 4.23. The van der Waals surface area contributed by atoms with Crippen LogP contribution in [-0.4, -0.2) is 17.3 Å². The molecule has 0 aliphatic carbocycles. The van der Waals surface area contributed by atoms with Gasteiger partial charge in [-0.05, 0) is 24.5 Å². The molecule has 0 aliphatic heterocycles. The van der Waals surface area contributed by atoms with Crippen molar-refractivity contribution in [3.63, 3.8) is 0 Å². The van der Waals surface area contributed by atoms with Gasteiger partial charge in [0.2, 0.25) is 0 Å². The van der Waals surface area contributed by atoms with E-state index in [4.69, 9.17) is 11.6 Å². The number of hydrogen-bond donors (Lipinski definition) is 1. The molecule has 0 bridgehead atoms. The van der Waals surface area contributed by atoms with Crippen molar-refractivity contribution in [3.8, 4) is 0 Å². The van der Waals surface area contributed by atoms with Gasteiger partial charge in [-0.3, -0.25) is 4.79 Å². The van der Waals surface area contributed by atoms with Crippen LogP contribution < -0.4 is 5.32 Å². The zero-order valence-corrected chi connectivity index (χ0v) is 12.7. The van der Waals surface area contributed by atoms with Crippen molar-refractivity contribution in [2.24, 2.45) is 5.92 Å². The first kappa shape index (κ1) is 15.4. The van der Waals surface area contributed by atoms with E-state index in [9.17, 15) is 9.18 Å². The number of alkyl halides is 1. The summed E-state index contributed by atoms with van der Waals surface area (Å²) in [7, 11) is 0. The third kappa shape index (κ3) is 4.25. The molecule has 1 atom stereocenters. The lowest BCUT2D eigenvalue weighted by atomic mass is 10.0. The molecule has 2 nitrogen and oxygen atoms in total. The number of carbonyl (C=O) groups excluding carboxylic acids is 1. The zero-order chi connectivity index (χ0) is 13.7. The second kappa shape index (κ2) is 7.10. The summed E-state index contributed by atoms with van der Waals surface area (Å²) < 4.78 is 13.2. The maximum Gasteiger partial charge on any atom is 0.253 e. The number of benzene rings is 1. The number of halogens is 3. The predicted molar refractivity (Wildman–Crippen MR) is 75.9 cm³/mol. The van der Waals surface area contributed by atoms with Crippen LogP contribution in [0.3, 0.4) is 0 Å². The second-order valence-corrected chi connectivity index (χ2v) is 5.58. The smallest absolute Gasteiger partial charge is 0.253 e. The Labute approximate surface area is 120 Å². The first-order valence-corrected chi connectivity index (χ1v) is 7.26. The lowest BCUT2D eigenvalue weighted by molar-refractivity contribution is 0.0937. The highest BCUT2D eigenvalue weighted by molar-refractivity contribution is 9.09. The summed E-state index contributed by atoms with van der Waals surface area (Å²) >= 11 is 9.13. The van der Waals surface area contributed by atoms with Gasteiger partial charge in [-0.2, -0.15) is 0 Å². The van der Waals surface area contributed by atoms with Crippen molar-refractivity contribution in [3.05, 3.63) is 34.6 Å². The van der Waals surface area contributed by atoms with Crippen molar-refractivity contribution in [2.45, 2.75) is 26.3 Å². The second-order valence-electron chi connectivity index (χ2n) is 4.56. The molecule has 1 aromatic rings. The molecular formula is C13H16BrClFNO. The molecule has 1 rings (SSSR count). The molecule has 0 fully saturated rings. The number of carbonyl (C=O) groups is 1. The topological polar surface area (TPSA) is 29.1 Å². The van der Waals surface area contributed by atoms with E-state index in [1.165, 1.54) is 18.2 Å². The van der Waals surface area contributed by atoms with Crippen LogP contribution in [0.1, 0.15) is 30.6 Å². The van der Waals surface area contributed by atoms with Crippen LogP contribution >= 0.6 is 27.5 Å². The van der Waals surface area contributed by atoms with Gasteiger partial charge in [0, 0.05) is 11.4 Å². The van der Waals surface area contributed by atoms with Crippen LogP contribution in [0.5, 0.6) is 0 Å². The molecule has 1 aromatic carbocycles. The number of hydrogen-bond acceptors (Lipinski definition) is 1. The largest absolute Gasteiger partial charge is 0.348 e. The maximum atomic E-state index is 13.2. The van der Waals surface area contributed by atoms with E-state index in [0.29, 0.717) is 11.2 Å². The van der Waals surface area contributed by atoms with Crippen LogP contribution in [0, 0.1) is 11.7 Å². The molecule has 0 radical (unpaired) electrons. The van der Waals surface area contributed by atoms with Gasteiger partial charge < -0.3 is 5.32 Å². The average Bonchev–Trinajstić information content (AvgIpc) is 2.31. The Morgan fingerprint density at radius 3 is 2.72 bits per heavy atom. The SMILES string of the molecule is CC(C)CC(CBr)NC(=O)c1cccc(F)c1Cl. The quantitative estimate of drug-likeness (QED) is 0.809.